The van der Waals surface area contributed by atoms with Crippen LogP contribution in [0.15, 0.2) is 18.3 Å². The lowest BCUT2D eigenvalue weighted by molar-refractivity contribution is 0.324. The van der Waals surface area contributed by atoms with Gasteiger partial charge in [-0.25, -0.2) is 4.98 Å². The van der Waals surface area contributed by atoms with Crippen LogP contribution in [-0.4, -0.2) is 27.4 Å². The van der Waals surface area contributed by atoms with E-state index in [-0.39, 0.29) is 0 Å². The lowest BCUT2D eigenvalue weighted by Gasteiger charge is -2.16. The first-order chi connectivity index (χ1) is 9.15. The van der Waals surface area contributed by atoms with Crippen LogP contribution >= 0.6 is 0 Å². The summed E-state index contributed by atoms with van der Waals surface area (Å²) >= 11 is 0. The summed E-state index contributed by atoms with van der Waals surface area (Å²) in [7, 11) is 0. The Hall–Kier alpha value is -1.55. The minimum Gasteiger partial charge on any atom is -0.398 e. The highest BCUT2D eigenvalue weighted by Crippen LogP contribution is 2.24. The minimum absolute atomic E-state index is 0.443. The highest BCUT2D eigenvalue weighted by Gasteiger charge is 2.19. The van der Waals surface area contributed by atoms with Gasteiger partial charge in [0.1, 0.15) is 5.65 Å². The standard InChI is InChI=1S/C15H22N4/c1-11(2)15-13(10-18-7-3-4-8-18)19-9-12(16)5-6-14(19)17-15/h5-6,9,11H,3-4,7-8,10,16H2,1-2H3. The molecule has 0 bridgehead atoms. The quantitative estimate of drug-likeness (QED) is 0.920. The second kappa shape index (κ2) is 4.85. The molecule has 102 valence electrons. The van der Waals surface area contributed by atoms with E-state index in [4.69, 9.17) is 10.7 Å². The van der Waals surface area contributed by atoms with Gasteiger partial charge in [-0.2, -0.15) is 0 Å². The van der Waals surface area contributed by atoms with Gasteiger partial charge in [-0.3, -0.25) is 4.90 Å². The normalized spacial score (nSPS) is 16.8. The third-order valence-corrected chi connectivity index (χ3v) is 3.89. The Labute approximate surface area is 114 Å². The molecule has 2 aromatic rings. The van der Waals surface area contributed by atoms with Crippen LogP contribution < -0.4 is 5.73 Å². The highest BCUT2D eigenvalue weighted by atomic mass is 15.2. The van der Waals surface area contributed by atoms with Crippen molar-refractivity contribution in [3.8, 4) is 0 Å². The van der Waals surface area contributed by atoms with E-state index in [9.17, 15) is 0 Å². The SMILES string of the molecule is CC(C)c1nc2ccc(N)cn2c1CN1CCCC1. The summed E-state index contributed by atoms with van der Waals surface area (Å²) in [6.07, 6.45) is 4.63. The van der Waals surface area contributed by atoms with Gasteiger partial charge in [0.05, 0.1) is 11.4 Å². The van der Waals surface area contributed by atoms with E-state index in [2.05, 4.69) is 23.1 Å². The smallest absolute Gasteiger partial charge is 0.137 e. The van der Waals surface area contributed by atoms with Crippen LogP contribution in [0.4, 0.5) is 5.69 Å². The Morgan fingerprint density at radius 1 is 1.26 bits per heavy atom. The Bertz CT molecular complexity index is 579. The van der Waals surface area contributed by atoms with Crippen molar-refractivity contribution in [1.82, 2.24) is 14.3 Å². The van der Waals surface area contributed by atoms with Crippen LogP contribution in [0, 0.1) is 0 Å². The van der Waals surface area contributed by atoms with Gasteiger partial charge >= 0.3 is 0 Å². The first-order valence-corrected chi connectivity index (χ1v) is 7.14. The maximum Gasteiger partial charge on any atom is 0.137 e. The number of likely N-dealkylation sites (tertiary alicyclic amines) is 1. The Morgan fingerprint density at radius 3 is 2.68 bits per heavy atom. The van der Waals surface area contributed by atoms with Gasteiger partial charge in [0, 0.05) is 18.4 Å². The van der Waals surface area contributed by atoms with E-state index >= 15 is 0 Å². The molecule has 2 N–H and O–H groups in total. The molecule has 1 saturated heterocycles. The van der Waals surface area contributed by atoms with Crippen molar-refractivity contribution in [1.29, 1.82) is 0 Å². The molecule has 0 aliphatic carbocycles. The molecular formula is C15H22N4. The molecule has 1 fully saturated rings. The Balaban J connectivity index is 2.06. The molecule has 2 aromatic heterocycles. The summed E-state index contributed by atoms with van der Waals surface area (Å²) in [5.41, 5.74) is 10.2. The van der Waals surface area contributed by atoms with E-state index < -0.39 is 0 Å². The zero-order chi connectivity index (χ0) is 13.4. The third-order valence-electron chi connectivity index (χ3n) is 3.89. The molecule has 4 nitrogen and oxygen atoms in total. The van der Waals surface area contributed by atoms with Crippen molar-refractivity contribution in [3.05, 3.63) is 29.7 Å². The summed E-state index contributed by atoms with van der Waals surface area (Å²) in [4.78, 5) is 7.29. The van der Waals surface area contributed by atoms with Crippen LogP contribution in [0.5, 0.6) is 0 Å². The second-order valence-electron chi connectivity index (χ2n) is 5.77. The number of fused-ring (bicyclic) bond motifs is 1. The number of nitrogens with two attached hydrogens (primary N) is 1. The maximum absolute atomic E-state index is 5.92. The van der Waals surface area contributed by atoms with E-state index in [1.54, 1.807) is 0 Å². The molecule has 19 heavy (non-hydrogen) atoms. The monoisotopic (exact) mass is 258 g/mol. The van der Waals surface area contributed by atoms with Crippen molar-refractivity contribution in [2.75, 3.05) is 18.8 Å². The summed E-state index contributed by atoms with van der Waals surface area (Å²) in [5, 5.41) is 0. The fourth-order valence-electron chi connectivity index (χ4n) is 2.90. The topological polar surface area (TPSA) is 46.6 Å². The zero-order valence-corrected chi connectivity index (χ0v) is 11.8. The summed E-state index contributed by atoms with van der Waals surface area (Å²) in [6, 6.07) is 3.93. The zero-order valence-electron chi connectivity index (χ0n) is 11.8. The number of nitrogen functional groups attached to an aromatic ring is 1. The molecule has 1 aliphatic heterocycles. The molecule has 0 radical (unpaired) electrons. The lowest BCUT2D eigenvalue weighted by atomic mass is 10.1. The van der Waals surface area contributed by atoms with Crippen LogP contribution in [0.2, 0.25) is 0 Å². The maximum atomic E-state index is 5.92. The largest absolute Gasteiger partial charge is 0.398 e. The first kappa shape index (κ1) is 12.5. The molecule has 0 unspecified atom stereocenters. The molecule has 0 atom stereocenters. The molecule has 1 aliphatic rings. The number of aromatic nitrogens is 2. The fourth-order valence-corrected chi connectivity index (χ4v) is 2.90. The summed E-state index contributed by atoms with van der Waals surface area (Å²) in [6.45, 7) is 7.80. The molecule has 0 amide bonds. The van der Waals surface area contributed by atoms with Crippen molar-refractivity contribution >= 4 is 11.3 Å². The van der Waals surface area contributed by atoms with Crippen molar-refractivity contribution < 1.29 is 0 Å². The molecule has 3 heterocycles. The van der Waals surface area contributed by atoms with Gasteiger partial charge in [-0.05, 0) is 44.0 Å². The van der Waals surface area contributed by atoms with Gasteiger partial charge in [-0.1, -0.05) is 13.8 Å². The van der Waals surface area contributed by atoms with Crippen LogP contribution in [0.1, 0.15) is 44.0 Å². The first-order valence-electron chi connectivity index (χ1n) is 7.14. The highest BCUT2D eigenvalue weighted by molar-refractivity contribution is 5.50. The number of hydrogen-bond donors (Lipinski definition) is 1. The second-order valence-corrected chi connectivity index (χ2v) is 5.77. The predicted octanol–water partition coefficient (Wildman–Crippen LogP) is 2.64. The van der Waals surface area contributed by atoms with Crippen molar-refractivity contribution in [2.24, 2.45) is 0 Å². The average Bonchev–Trinajstić information content (AvgIpc) is 2.98. The minimum atomic E-state index is 0.443. The molecule has 4 heteroatoms. The van der Waals surface area contributed by atoms with Gasteiger partial charge in [-0.15, -0.1) is 0 Å². The van der Waals surface area contributed by atoms with Crippen LogP contribution in [0.25, 0.3) is 5.65 Å². The van der Waals surface area contributed by atoms with E-state index in [1.807, 2.05) is 18.3 Å². The van der Waals surface area contributed by atoms with Crippen molar-refractivity contribution in [3.63, 3.8) is 0 Å². The average molecular weight is 258 g/mol. The van der Waals surface area contributed by atoms with E-state index in [1.165, 1.54) is 37.3 Å². The molecule has 0 saturated carbocycles. The van der Waals surface area contributed by atoms with Gasteiger partial charge < -0.3 is 10.1 Å². The number of imidazole rings is 1. The number of pyridine rings is 1. The number of hydrogen-bond acceptors (Lipinski definition) is 3. The molecule has 3 rings (SSSR count). The fraction of sp³-hybridized carbons (Fsp3) is 0.533. The van der Waals surface area contributed by atoms with Gasteiger partial charge in [0.25, 0.3) is 0 Å². The van der Waals surface area contributed by atoms with Crippen LogP contribution in [-0.2, 0) is 6.54 Å². The van der Waals surface area contributed by atoms with Gasteiger partial charge in [0.2, 0.25) is 0 Å². The number of anilines is 1. The van der Waals surface area contributed by atoms with E-state index in [0.29, 0.717) is 5.92 Å². The van der Waals surface area contributed by atoms with Crippen LogP contribution in [0.3, 0.4) is 0 Å². The number of nitrogens with zero attached hydrogens (tertiary/aromatic N) is 3. The molecular weight excluding hydrogens is 236 g/mol. The number of rotatable bonds is 3. The van der Waals surface area contributed by atoms with E-state index in [0.717, 1.165) is 17.9 Å². The van der Waals surface area contributed by atoms with Gasteiger partial charge in [0.15, 0.2) is 0 Å². The molecule has 0 aromatic carbocycles. The lowest BCUT2D eigenvalue weighted by Crippen LogP contribution is -2.20. The summed E-state index contributed by atoms with van der Waals surface area (Å²) in [5.74, 6) is 0.443. The predicted molar refractivity (Wildman–Crippen MR) is 78.2 cm³/mol. The molecule has 0 spiro atoms. The third kappa shape index (κ3) is 2.32. The Kier molecular flexibility index (Phi) is 3.19. The Morgan fingerprint density at radius 2 is 2.00 bits per heavy atom. The van der Waals surface area contributed by atoms with Crippen molar-refractivity contribution in [2.45, 2.75) is 39.2 Å². The summed E-state index contributed by atoms with van der Waals surface area (Å²) < 4.78 is 2.17.